The number of amides is 1. The van der Waals surface area contributed by atoms with Gasteiger partial charge in [0.25, 0.3) is 5.91 Å². The fourth-order valence-electron chi connectivity index (χ4n) is 3.36. The molecule has 4 aromatic rings. The first-order valence-electron chi connectivity index (χ1n) is 9.95. The number of carbonyl (C=O) groups is 1. The number of carbonyl (C=O) groups excluding carboxylic acids is 1. The molecule has 0 bridgehead atoms. The van der Waals surface area contributed by atoms with Crippen molar-refractivity contribution in [3.05, 3.63) is 77.0 Å². The number of hydrogen-bond acceptors (Lipinski definition) is 4. The van der Waals surface area contributed by atoms with Gasteiger partial charge in [0.2, 0.25) is 5.88 Å². The van der Waals surface area contributed by atoms with Crippen molar-refractivity contribution in [2.24, 2.45) is 0 Å². The molecule has 0 aliphatic rings. The molecule has 2 aromatic carbocycles. The molecule has 34 heavy (non-hydrogen) atoms. The molecular formula is C23H17F5N4O2. The van der Waals surface area contributed by atoms with Crippen LogP contribution in [-0.4, -0.2) is 27.3 Å². The standard InChI is InChI=1S/C23H17F5N4O2/c1-12-6-7-15(9-18(12)25)29-19(33)11-34-20-10-17(23(26,27)28)21-13(2)31-32(22(21)30-20)16-5-3-4-14(24)8-16/h3-10H,11H2,1-2H3,(H,29,33). The number of ether oxygens (including phenoxy) is 1. The van der Waals surface area contributed by atoms with Crippen LogP contribution in [0.3, 0.4) is 0 Å². The molecule has 6 nitrogen and oxygen atoms in total. The van der Waals surface area contributed by atoms with E-state index in [9.17, 15) is 26.7 Å². The summed E-state index contributed by atoms with van der Waals surface area (Å²) in [7, 11) is 0. The molecule has 0 atom stereocenters. The summed E-state index contributed by atoms with van der Waals surface area (Å²) in [6.45, 7) is 2.25. The van der Waals surface area contributed by atoms with Crippen molar-refractivity contribution in [1.82, 2.24) is 14.8 Å². The highest BCUT2D eigenvalue weighted by Gasteiger charge is 2.36. The Balaban J connectivity index is 1.68. The number of pyridine rings is 1. The number of halogens is 5. The Kier molecular flexibility index (Phi) is 5.94. The molecule has 0 spiro atoms. The van der Waals surface area contributed by atoms with E-state index in [4.69, 9.17) is 4.74 Å². The summed E-state index contributed by atoms with van der Waals surface area (Å²) in [5.74, 6) is -2.34. The minimum Gasteiger partial charge on any atom is -0.467 e. The van der Waals surface area contributed by atoms with Crippen LogP contribution in [0.1, 0.15) is 16.8 Å². The van der Waals surface area contributed by atoms with Crippen molar-refractivity contribution in [1.29, 1.82) is 0 Å². The molecule has 176 valence electrons. The van der Waals surface area contributed by atoms with Crippen LogP contribution in [0, 0.1) is 25.5 Å². The van der Waals surface area contributed by atoms with Gasteiger partial charge in [-0.25, -0.2) is 13.5 Å². The van der Waals surface area contributed by atoms with E-state index < -0.39 is 41.8 Å². The van der Waals surface area contributed by atoms with Gasteiger partial charge in [0, 0.05) is 11.8 Å². The second-order valence-corrected chi connectivity index (χ2v) is 7.48. The van der Waals surface area contributed by atoms with E-state index >= 15 is 0 Å². The molecule has 1 N–H and O–H groups in total. The first kappa shape index (κ1) is 23.1. The molecule has 0 aliphatic carbocycles. The second-order valence-electron chi connectivity index (χ2n) is 7.48. The molecule has 1 amide bonds. The van der Waals surface area contributed by atoms with Crippen LogP contribution >= 0.6 is 0 Å². The average Bonchev–Trinajstić information content (AvgIpc) is 3.10. The summed E-state index contributed by atoms with van der Waals surface area (Å²) >= 11 is 0. The number of fused-ring (bicyclic) bond motifs is 1. The highest BCUT2D eigenvalue weighted by Crippen LogP contribution is 2.38. The number of aryl methyl sites for hydroxylation is 2. The molecule has 2 heterocycles. The van der Waals surface area contributed by atoms with Gasteiger partial charge in [-0.3, -0.25) is 4.79 Å². The van der Waals surface area contributed by atoms with Crippen LogP contribution < -0.4 is 10.1 Å². The van der Waals surface area contributed by atoms with Gasteiger partial charge in [-0.1, -0.05) is 12.1 Å². The fourth-order valence-corrected chi connectivity index (χ4v) is 3.36. The molecule has 0 saturated carbocycles. The van der Waals surface area contributed by atoms with E-state index in [1.165, 1.54) is 37.3 Å². The second kappa shape index (κ2) is 8.73. The normalized spacial score (nSPS) is 11.6. The molecule has 0 saturated heterocycles. The summed E-state index contributed by atoms with van der Waals surface area (Å²) in [6.07, 6.45) is -4.78. The predicted octanol–water partition coefficient (Wildman–Crippen LogP) is 5.35. The summed E-state index contributed by atoms with van der Waals surface area (Å²) in [5, 5.41) is 6.22. The van der Waals surface area contributed by atoms with Crippen LogP contribution in [0.25, 0.3) is 16.7 Å². The van der Waals surface area contributed by atoms with Crippen molar-refractivity contribution in [2.75, 3.05) is 11.9 Å². The Labute approximate surface area is 190 Å². The van der Waals surface area contributed by atoms with Gasteiger partial charge in [-0.2, -0.15) is 23.3 Å². The average molecular weight is 476 g/mol. The number of benzene rings is 2. The Morgan fingerprint density at radius 3 is 2.53 bits per heavy atom. The van der Waals surface area contributed by atoms with Crippen molar-refractivity contribution in [2.45, 2.75) is 20.0 Å². The number of aromatic nitrogens is 3. The molecule has 2 aromatic heterocycles. The highest BCUT2D eigenvalue weighted by molar-refractivity contribution is 5.92. The third-order valence-corrected chi connectivity index (χ3v) is 4.95. The van der Waals surface area contributed by atoms with Crippen LogP contribution in [0.5, 0.6) is 5.88 Å². The quantitative estimate of drug-likeness (QED) is 0.394. The lowest BCUT2D eigenvalue weighted by Gasteiger charge is -2.12. The summed E-state index contributed by atoms with van der Waals surface area (Å²) in [6, 6.07) is 9.86. The van der Waals surface area contributed by atoms with Gasteiger partial charge in [0.1, 0.15) is 11.6 Å². The summed E-state index contributed by atoms with van der Waals surface area (Å²) in [4.78, 5) is 16.3. The van der Waals surface area contributed by atoms with E-state index in [0.717, 1.165) is 16.8 Å². The maximum Gasteiger partial charge on any atom is 0.417 e. The number of alkyl halides is 3. The van der Waals surface area contributed by atoms with Crippen molar-refractivity contribution in [3.8, 4) is 11.6 Å². The van der Waals surface area contributed by atoms with Gasteiger partial charge in [-0.15, -0.1) is 0 Å². The first-order valence-corrected chi connectivity index (χ1v) is 9.95. The Morgan fingerprint density at radius 2 is 1.85 bits per heavy atom. The number of nitrogens with one attached hydrogen (secondary N) is 1. The van der Waals surface area contributed by atoms with E-state index in [1.54, 1.807) is 6.92 Å². The van der Waals surface area contributed by atoms with Gasteiger partial charge in [0.15, 0.2) is 12.3 Å². The van der Waals surface area contributed by atoms with E-state index in [1.807, 2.05) is 0 Å². The Morgan fingerprint density at radius 1 is 1.09 bits per heavy atom. The molecule has 11 heteroatoms. The number of nitrogens with zero attached hydrogens (tertiary/aromatic N) is 3. The van der Waals surface area contributed by atoms with Crippen LogP contribution in [0.4, 0.5) is 27.6 Å². The van der Waals surface area contributed by atoms with Gasteiger partial charge in [0.05, 0.1) is 22.3 Å². The lowest BCUT2D eigenvalue weighted by atomic mass is 10.1. The summed E-state index contributed by atoms with van der Waals surface area (Å²) in [5.41, 5.74) is -0.532. The maximum atomic E-state index is 13.8. The first-order chi connectivity index (χ1) is 16.0. The highest BCUT2D eigenvalue weighted by atomic mass is 19.4. The van der Waals surface area contributed by atoms with E-state index in [0.29, 0.717) is 11.6 Å². The van der Waals surface area contributed by atoms with Crippen molar-refractivity contribution >= 4 is 22.6 Å². The Hall–Kier alpha value is -4.02. The predicted molar refractivity (Wildman–Crippen MR) is 114 cm³/mol. The zero-order valence-corrected chi connectivity index (χ0v) is 17.9. The van der Waals surface area contributed by atoms with Gasteiger partial charge in [-0.05, 0) is 49.7 Å². The molecule has 0 unspecified atom stereocenters. The smallest absolute Gasteiger partial charge is 0.417 e. The van der Waals surface area contributed by atoms with E-state index in [-0.39, 0.29) is 28.1 Å². The number of rotatable bonds is 5. The lowest BCUT2D eigenvalue weighted by molar-refractivity contribution is -0.136. The van der Waals surface area contributed by atoms with Crippen LogP contribution in [-0.2, 0) is 11.0 Å². The van der Waals surface area contributed by atoms with Crippen LogP contribution in [0.15, 0.2) is 48.5 Å². The zero-order valence-electron chi connectivity index (χ0n) is 17.9. The molecule has 0 aliphatic heterocycles. The van der Waals surface area contributed by atoms with Crippen LogP contribution in [0.2, 0.25) is 0 Å². The monoisotopic (exact) mass is 476 g/mol. The third-order valence-electron chi connectivity index (χ3n) is 4.95. The largest absolute Gasteiger partial charge is 0.467 e. The van der Waals surface area contributed by atoms with Gasteiger partial charge < -0.3 is 10.1 Å². The fraction of sp³-hybridized carbons (Fsp3) is 0.174. The maximum absolute atomic E-state index is 13.8. The molecular weight excluding hydrogens is 459 g/mol. The molecule has 0 radical (unpaired) electrons. The van der Waals surface area contributed by atoms with Gasteiger partial charge >= 0.3 is 6.18 Å². The minimum absolute atomic E-state index is 0.0322. The molecule has 0 fully saturated rings. The summed E-state index contributed by atoms with van der Waals surface area (Å²) < 4.78 is 75.1. The minimum atomic E-state index is -4.78. The number of anilines is 1. The van der Waals surface area contributed by atoms with E-state index in [2.05, 4.69) is 15.4 Å². The Bertz CT molecular complexity index is 1400. The zero-order chi connectivity index (χ0) is 24.6. The van der Waals surface area contributed by atoms with Crippen molar-refractivity contribution in [3.63, 3.8) is 0 Å². The topological polar surface area (TPSA) is 69.0 Å². The lowest BCUT2D eigenvalue weighted by Crippen LogP contribution is -2.21. The molecule has 4 rings (SSSR count). The van der Waals surface area contributed by atoms with Crippen molar-refractivity contribution < 1.29 is 31.5 Å². The SMILES string of the molecule is Cc1ccc(NC(=O)COc2cc(C(F)(F)F)c3c(C)nn(-c4cccc(F)c4)c3n2)cc1F. The third kappa shape index (κ3) is 4.68. The number of hydrogen-bond donors (Lipinski definition) is 1.